The van der Waals surface area contributed by atoms with Crippen molar-refractivity contribution >= 4 is 44.6 Å². The van der Waals surface area contributed by atoms with E-state index >= 15 is 0 Å². The van der Waals surface area contributed by atoms with Crippen molar-refractivity contribution in [2.24, 2.45) is 0 Å². The fourth-order valence-corrected chi connectivity index (χ4v) is 6.08. The van der Waals surface area contributed by atoms with Gasteiger partial charge in [-0.25, -0.2) is 0 Å². The Morgan fingerprint density at radius 3 is 1.97 bits per heavy atom. The third kappa shape index (κ3) is 9.11. The molecule has 0 bridgehead atoms. The number of carbonyl (C=O) groups excluding carboxylic acids is 2. The van der Waals surface area contributed by atoms with Crippen LogP contribution < -0.4 is 5.32 Å². The summed E-state index contributed by atoms with van der Waals surface area (Å²) in [5.74, 6) is -0.176. The molecule has 0 aliphatic heterocycles. The van der Waals surface area contributed by atoms with E-state index in [1.165, 1.54) is 7.11 Å². The highest BCUT2D eigenvalue weighted by molar-refractivity contribution is 8.18. The van der Waals surface area contributed by atoms with Crippen molar-refractivity contribution in [2.75, 3.05) is 19.8 Å². The van der Waals surface area contributed by atoms with Gasteiger partial charge >= 0.3 is 5.97 Å². The van der Waals surface area contributed by atoms with Crippen LogP contribution in [0.5, 0.6) is 0 Å². The molecule has 2 aromatic rings. The minimum atomic E-state index is -0.366. The van der Waals surface area contributed by atoms with Crippen molar-refractivity contribution in [3.05, 3.63) is 60.7 Å². The lowest BCUT2D eigenvalue weighted by molar-refractivity contribution is -0.140. The Bertz CT molecular complexity index is 733. The van der Waals surface area contributed by atoms with Crippen LogP contribution in [0.3, 0.4) is 0 Å². The summed E-state index contributed by atoms with van der Waals surface area (Å²) >= 11 is 3.45. The summed E-state index contributed by atoms with van der Waals surface area (Å²) < 4.78 is 4.53. The summed E-state index contributed by atoms with van der Waals surface area (Å²) in [7, 11) is 4.09. The zero-order valence-electron chi connectivity index (χ0n) is 17.3. The van der Waals surface area contributed by atoms with Crippen molar-refractivity contribution in [3.63, 3.8) is 0 Å². The van der Waals surface area contributed by atoms with E-state index < -0.39 is 0 Å². The molecule has 7 heteroatoms. The van der Waals surface area contributed by atoms with Crippen LogP contribution in [0, 0.1) is 0 Å². The van der Waals surface area contributed by atoms with E-state index in [9.17, 15) is 9.59 Å². The van der Waals surface area contributed by atoms with Gasteiger partial charge in [-0.15, -0.1) is 32.8 Å². The quantitative estimate of drug-likeness (QED) is 0.142. The van der Waals surface area contributed by atoms with Gasteiger partial charge in [-0.2, -0.15) is 0 Å². The zero-order valence-corrected chi connectivity index (χ0v) is 20.1. The van der Waals surface area contributed by atoms with Crippen LogP contribution in [0.15, 0.2) is 70.5 Å². The molecule has 0 spiro atoms. The van der Waals surface area contributed by atoms with Crippen LogP contribution in [0.1, 0.15) is 32.1 Å². The van der Waals surface area contributed by atoms with Gasteiger partial charge in [0.1, 0.15) is 0 Å². The maximum Gasteiger partial charge on any atom is 0.305 e. The predicted molar refractivity (Wildman–Crippen MR) is 130 cm³/mol. The molecule has 2 rings (SSSR count). The van der Waals surface area contributed by atoms with Crippen molar-refractivity contribution in [3.8, 4) is 0 Å². The van der Waals surface area contributed by atoms with Gasteiger partial charge in [0.2, 0.25) is 5.91 Å². The molecule has 4 nitrogen and oxygen atoms in total. The number of amides is 1. The summed E-state index contributed by atoms with van der Waals surface area (Å²) in [6.45, 7) is 0.690. The van der Waals surface area contributed by atoms with Gasteiger partial charge in [0.25, 0.3) is 0 Å². The highest BCUT2D eigenvalue weighted by Gasteiger charge is 2.34. The lowest BCUT2D eigenvalue weighted by Gasteiger charge is -2.33. The molecule has 0 heterocycles. The lowest BCUT2D eigenvalue weighted by Crippen LogP contribution is -2.29. The second-order valence-corrected chi connectivity index (χ2v) is 10.6. The number of thioether (sulfide) groups is 2. The Labute approximate surface area is 190 Å². The molecule has 0 saturated carbocycles. The smallest absolute Gasteiger partial charge is 0.305 e. The number of esters is 1. The third-order valence-corrected chi connectivity index (χ3v) is 7.95. The molecule has 0 aliphatic rings. The summed E-state index contributed by atoms with van der Waals surface area (Å²) in [5.41, 5.74) is 0. The number of ether oxygens (including phenoxy) is 1. The normalized spacial score (nSPS) is 11.1. The number of carbonyl (C=O) groups is 2. The number of hydrogen-bond donors (Lipinski definition) is 1. The molecule has 1 unspecified atom stereocenters. The lowest BCUT2D eigenvalue weighted by atomic mass is 10.1. The van der Waals surface area contributed by atoms with Gasteiger partial charge in [0, 0.05) is 29.2 Å². The highest BCUT2D eigenvalue weighted by atomic mass is 32.2. The van der Waals surface area contributed by atoms with E-state index in [0.717, 1.165) is 22.4 Å². The van der Waals surface area contributed by atoms with Crippen LogP contribution in [0.2, 0.25) is 0 Å². The molecule has 162 valence electrons. The van der Waals surface area contributed by atoms with Crippen molar-refractivity contribution in [1.29, 1.82) is 0 Å². The van der Waals surface area contributed by atoms with Gasteiger partial charge < -0.3 is 10.1 Å². The van der Waals surface area contributed by atoms with Crippen LogP contribution in [0.4, 0.5) is 0 Å². The number of benzene rings is 2. The first-order valence-electron chi connectivity index (χ1n) is 10.1. The Morgan fingerprint density at radius 1 is 0.933 bits per heavy atom. The Hall–Kier alpha value is -1.49. The maximum atomic E-state index is 12.4. The molecule has 0 fully saturated rings. The first kappa shape index (κ1) is 24.8. The Balaban J connectivity index is 2.23. The standard InChI is InChI=1S/C23H30NO3PS2/c1-27-22(26)14-16-23(29-19-9-4-2-5-10-19,30-20-11-6-3-7-12-20)15-13-21(25)24-17-8-18-28/h2-7,9-12H,8,13-18,28H2,1H3,(H,24,25). The fourth-order valence-electron chi connectivity index (χ4n) is 2.87. The molecule has 1 atom stereocenters. The monoisotopic (exact) mass is 463 g/mol. The highest BCUT2D eigenvalue weighted by Crippen LogP contribution is 2.51. The molecule has 1 amide bonds. The number of hydrogen-bond acceptors (Lipinski definition) is 5. The summed E-state index contributed by atoms with van der Waals surface area (Å²) in [5, 5.41) is 3.00. The molecule has 30 heavy (non-hydrogen) atoms. The minimum absolute atomic E-state index is 0.0539. The maximum absolute atomic E-state index is 12.4. The average molecular weight is 464 g/mol. The molecule has 0 aliphatic carbocycles. The minimum Gasteiger partial charge on any atom is -0.469 e. The molecule has 0 radical (unpaired) electrons. The first-order chi connectivity index (χ1) is 14.6. The molecular formula is C23H30NO3PS2. The molecule has 0 saturated heterocycles. The van der Waals surface area contributed by atoms with Crippen molar-refractivity contribution in [2.45, 2.75) is 46.0 Å². The molecule has 2 aromatic carbocycles. The molecular weight excluding hydrogens is 433 g/mol. The van der Waals surface area contributed by atoms with Crippen molar-refractivity contribution in [1.82, 2.24) is 5.32 Å². The summed E-state index contributed by atoms with van der Waals surface area (Å²) in [6.07, 6.45) is 3.90. The predicted octanol–water partition coefficient (Wildman–Crippen LogP) is 5.38. The van der Waals surface area contributed by atoms with Gasteiger partial charge in [-0.05, 0) is 49.7 Å². The SMILES string of the molecule is COC(=O)CCC(CCC(=O)NCCCP)(Sc1ccccc1)Sc1ccccc1. The van der Waals surface area contributed by atoms with Gasteiger partial charge in [0.05, 0.1) is 11.2 Å². The van der Waals surface area contributed by atoms with Gasteiger partial charge in [-0.1, -0.05) is 36.4 Å². The fraction of sp³-hybridized carbons (Fsp3) is 0.391. The molecule has 0 aromatic heterocycles. The van der Waals surface area contributed by atoms with Crippen LogP contribution >= 0.6 is 32.8 Å². The number of rotatable bonds is 13. The second-order valence-electron chi connectivity index (χ2n) is 6.81. The van der Waals surface area contributed by atoms with E-state index in [0.29, 0.717) is 32.2 Å². The van der Waals surface area contributed by atoms with E-state index in [2.05, 4.69) is 38.8 Å². The number of methoxy groups -OCH3 is 1. The van der Waals surface area contributed by atoms with Gasteiger partial charge in [0.15, 0.2) is 0 Å². The first-order valence-corrected chi connectivity index (χ1v) is 12.5. The van der Waals surface area contributed by atoms with Crippen LogP contribution in [-0.4, -0.2) is 35.8 Å². The summed E-state index contributed by atoms with van der Waals surface area (Å²) in [4.78, 5) is 26.6. The number of nitrogens with one attached hydrogen (secondary N) is 1. The van der Waals surface area contributed by atoms with Crippen molar-refractivity contribution < 1.29 is 14.3 Å². The Morgan fingerprint density at radius 2 is 1.47 bits per heavy atom. The van der Waals surface area contributed by atoms with Gasteiger partial charge in [-0.3, -0.25) is 9.59 Å². The Kier molecular flexibility index (Phi) is 11.3. The van der Waals surface area contributed by atoms with E-state index in [1.807, 2.05) is 36.4 Å². The largest absolute Gasteiger partial charge is 0.469 e. The summed E-state index contributed by atoms with van der Waals surface area (Å²) in [6, 6.07) is 20.3. The topological polar surface area (TPSA) is 55.4 Å². The van der Waals surface area contributed by atoms with E-state index in [-0.39, 0.29) is 16.0 Å². The van der Waals surface area contributed by atoms with Crippen LogP contribution in [0.25, 0.3) is 0 Å². The third-order valence-electron chi connectivity index (χ3n) is 4.47. The zero-order chi connectivity index (χ0) is 21.7. The molecule has 1 N–H and O–H groups in total. The van der Waals surface area contributed by atoms with E-state index in [1.54, 1.807) is 23.5 Å². The van der Waals surface area contributed by atoms with Crippen LogP contribution in [-0.2, 0) is 14.3 Å². The average Bonchev–Trinajstić information content (AvgIpc) is 2.77. The van der Waals surface area contributed by atoms with E-state index in [4.69, 9.17) is 4.74 Å². The second kappa shape index (κ2) is 13.7.